The standard InChI is InChI=1S/C24H18BrN3O7S/c1-15-5-3-4-6-21(15)27-24(29)17(14-26)11-16-12-20(25)23(22(13-16)34-2)35-36(32,33)19-9-7-18(8-10-19)28(30)31/h3-13H,1-2H3,(H,27,29)/b17-11+. The largest absolute Gasteiger partial charge is 0.493 e. The summed E-state index contributed by atoms with van der Waals surface area (Å²) < 4.78 is 36.1. The summed E-state index contributed by atoms with van der Waals surface area (Å²) in [5.74, 6) is -0.809. The Labute approximate surface area is 215 Å². The van der Waals surface area contributed by atoms with Crippen LogP contribution in [0.1, 0.15) is 11.1 Å². The number of amides is 1. The average Bonchev–Trinajstić information content (AvgIpc) is 2.85. The van der Waals surface area contributed by atoms with Gasteiger partial charge >= 0.3 is 10.1 Å². The molecule has 12 heteroatoms. The number of hydrogen-bond acceptors (Lipinski definition) is 8. The second-order valence-electron chi connectivity index (χ2n) is 7.26. The van der Waals surface area contributed by atoms with Crippen LogP contribution in [0.25, 0.3) is 6.08 Å². The number of nitrogens with one attached hydrogen (secondary N) is 1. The Morgan fingerprint density at radius 3 is 2.42 bits per heavy atom. The number of halogens is 1. The molecule has 0 spiro atoms. The van der Waals surface area contributed by atoms with Gasteiger partial charge in [-0.05, 0) is 70.4 Å². The van der Waals surface area contributed by atoms with Crippen LogP contribution in [0.15, 0.2) is 75.6 Å². The molecule has 3 rings (SSSR count). The van der Waals surface area contributed by atoms with E-state index < -0.39 is 20.9 Å². The number of para-hydroxylation sites is 1. The smallest absolute Gasteiger partial charge is 0.339 e. The lowest BCUT2D eigenvalue weighted by Gasteiger charge is -2.13. The van der Waals surface area contributed by atoms with Crippen LogP contribution in [0, 0.1) is 28.4 Å². The Morgan fingerprint density at radius 1 is 1.17 bits per heavy atom. The zero-order valence-electron chi connectivity index (χ0n) is 18.9. The molecule has 184 valence electrons. The van der Waals surface area contributed by atoms with Gasteiger partial charge in [0.25, 0.3) is 11.6 Å². The number of nitriles is 1. The fourth-order valence-electron chi connectivity index (χ4n) is 3.01. The highest BCUT2D eigenvalue weighted by atomic mass is 79.9. The van der Waals surface area contributed by atoms with Crippen LogP contribution in [-0.4, -0.2) is 26.4 Å². The van der Waals surface area contributed by atoms with Crippen LogP contribution in [-0.2, 0) is 14.9 Å². The van der Waals surface area contributed by atoms with Gasteiger partial charge in [-0.3, -0.25) is 14.9 Å². The van der Waals surface area contributed by atoms with Crippen molar-refractivity contribution in [3.63, 3.8) is 0 Å². The molecule has 0 saturated heterocycles. The summed E-state index contributed by atoms with van der Waals surface area (Å²) in [5.41, 5.74) is 1.27. The highest BCUT2D eigenvalue weighted by Gasteiger charge is 2.23. The van der Waals surface area contributed by atoms with E-state index in [0.717, 1.165) is 29.8 Å². The Morgan fingerprint density at radius 2 is 1.83 bits per heavy atom. The average molecular weight is 572 g/mol. The summed E-state index contributed by atoms with van der Waals surface area (Å²) >= 11 is 3.24. The van der Waals surface area contributed by atoms with Crippen LogP contribution >= 0.6 is 15.9 Å². The third-order valence-electron chi connectivity index (χ3n) is 4.85. The number of ether oxygens (including phenoxy) is 1. The second kappa shape index (κ2) is 11.0. The molecular formula is C24H18BrN3O7S. The van der Waals surface area contributed by atoms with E-state index in [-0.39, 0.29) is 32.1 Å². The maximum absolute atomic E-state index is 12.7. The Kier molecular flexibility index (Phi) is 8.08. The number of methoxy groups -OCH3 is 1. The van der Waals surface area contributed by atoms with Gasteiger partial charge in [-0.25, -0.2) is 0 Å². The van der Waals surface area contributed by atoms with Crippen LogP contribution in [0.3, 0.4) is 0 Å². The minimum atomic E-state index is -4.37. The van der Waals surface area contributed by atoms with Crippen molar-refractivity contribution < 1.29 is 27.1 Å². The Hall–Kier alpha value is -4.21. The molecule has 0 aliphatic heterocycles. The molecule has 0 fully saturated rings. The highest BCUT2D eigenvalue weighted by molar-refractivity contribution is 9.10. The fourth-order valence-corrected chi connectivity index (χ4v) is 4.62. The van der Waals surface area contributed by atoms with Gasteiger partial charge in [0.15, 0.2) is 11.5 Å². The van der Waals surface area contributed by atoms with E-state index in [1.165, 1.54) is 25.3 Å². The number of anilines is 1. The van der Waals surface area contributed by atoms with Crippen LogP contribution in [0.5, 0.6) is 11.5 Å². The lowest BCUT2D eigenvalue weighted by molar-refractivity contribution is -0.384. The molecule has 3 aromatic carbocycles. The molecule has 0 atom stereocenters. The zero-order valence-corrected chi connectivity index (χ0v) is 21.3. The van der Waals surface area contributed by atoms with Crippen LogP contribution in [0.4, 0.5) is 11.4 Å². The van der Waals surface area contributed by atoms with Crippen molar-refractivity contribution in [2.45, 2.75) is 11.8 Å². The molecule has 10 nitrogen and oxygen atoms in total. The first-order valence-corrected chi connectivity index (χ1v) is 12.3. The van der Waals surface area contributed by atoms with Gasteiger partial charge in [-0.2, -0.15) is 13.7 Å². The number of carbonyl (C=O) groups excluding carboxylic acids is 1. The fraction of sp³-hybridized carbons (Fsp3) is 0.0833. The molecule has 1 N–H and O–H groups in total. The van der Waals surface area contributed by atoms with Crippen molar-refractivity contribution in [3.8, 4) is 17.6 Å². The topological polar surface area (TPSA) is 149 Å². The molecule has 0 radical (unpaired) electrons. The first kappa shape index (κ1) is 26.4. The number of benzene rings is 3. The van der Waals surface area contributed by atoms with E-state index in [1.807, 2.05) is 25.1 Å². The van der Waals surface area contributed by atoms with Crippen molar-refractivity contribution in [3.05, 3.63) is 92.0 Å². The molecule has 0 aliphatic rings. The third kappa shape index (κ3) is 6.07. The maximum atomic E-state index is 12.7. The predicted molar refractivity (Wildman–Crippen MR) is 135 cm³/mol. The third-order valence-corrected chi connectivity index (χ3v) is 6.68. The molecule has 0 bridgehead atoms. The van der Waals surface area contributed by atoms with Crippen molar-refractivity contribution in [2.75, 3.05) is 12.4 Å². The van der Waals surface area contributed by atoms with Gasteiger partial charge in [0.1, 0.15) is 16.5 Å². The van der Waals surface area contributed by atoms with Gasteiger partial charge in [-0.1, -0.05) is 18.2 Å². The van der Waals surface area contributed by atoms with Gasteiger partial charge in [0, 0.05) is 17.8 Å². The summed E-state index contributed by atoms with van der Waals surface area (Å²) in [5, 5.41) is 23.0. The number of nitrogens with zero attached hydrogens (tertiary/aromatic N) is 2. The summed E-state index contributed by atoms with van der Waals surface area (Å²) in [4.78, 5) is 22.5. The number of nitro benzene ring substituents is 1. The number of non-ortho nitro benzene ring substituents is 1. The van der Waals surface area contributed by atoms with Crippen molar-refractivity contribution in [1.29, 1.82) is 5.26 Å². The molecule has 0 unspecified atom stereocenters. The van der Waals surface area contributed by atoms with Gasteiger partial charge in [0.2, 0.25) is 0 Å². The molecule has 0 aromatic heterocycles. The minimum absolute atomic E-state index is 0.00212. The summed E-state index contributed by atoms with van der Waals surface area (Å²) in [7, 11) is -3.08. The van der Waals surface area contributed by atoms with Crippen molar-refractivity contribution in [2.24, 2.45) is 0 Å². The lowest BCUT2D eigenvalue weighted by atomic mass is 10.1. The summed E-state index contributed by atoms with van der Waals surface area (Å²) in [6.45, 7) is 1.82. The normalized spacial score (nSPS) is 11.3. The minimum Gasteiger partial charge on any atom is -0.493 e. The van der Waals surface area contributed by atoms with Crippen molar-refractivity contribution >= 4 is 49.4 Å². The van der Waals surface area contributed by atoms with E-state index in [2.05, 4.69) is 21.2 Å². The van der Waals surface area contributed by atoms with E-state index >= 15 is 0 Å². The molecule has 0 heterocycles. The van der Waals surface area contributed by atoms with Gasteiger partial charge in [-0.15, -0.1) is 0 Å². The van der Waals surface area contributed by atoms with Gasteiger partial charge < -0.3 is 14.2 Å². The number of aryl methyl sites for hydroxylation is 1. The Balaban J connectivity index is 1.91. The first-order chi connectivity index (χ1) is 17.1. The monoisotopic (exact) mass is 571 g/mol. The summed E-state index contributed by atoms with van der Waals surface area (Å²) in [6, 6.07) is 16.0. The number of nitro groups is 1. The molecule has 3 aromatic rings. The Bertz CT molecular complexity index is 1510. The molecular weight excluding hydrogens is 554 g/mol. The van der Waals surface area contributed by atoms with Crippen LogP contribution < -0.4 is 14.2 Å². The van der Waals surface area contributed by atoms with E-state index in [9.17, 15) is 28.6 Å². The molecule has 0 aliphatic carbocycles. The SMILES string of the molecule is COc1cc(/C=C(\C#N)C(=O)Nc2ccccc2C)cc(Br)c1OS(=O)(=O)c1ccc([N+](=O)[O-])cc1. The van der Waals surface area contributed by atoms with E-state index in [4.69, 9.17) is 8.92 Å². The predicted octanol–water partition coefficient (Wildman–Crippen LogP) is 4.99. The van der Waals surface area contributed by atoms with E-state index in [1.54, 1.807) is 12.1 Å². The van der Waals surface area contributed by atoms with Crippen LogP contribution in [0.2, 0.25) is 0 Å². The number of carbonyl (C=O) groups is 1. The van der Waals surface area contributed by atoms with Crippen molar-refractivity contribution in [1.82, 2.24) is 0 Å². The van der Waals surface area contributed by atoms with E-state index in [0.29, 0.717) is 11.3 Å². The second-order valence-corrected chi connectivity index (χ2v) is 9.66. The lowest BCUT2D eigenvalue weighted by Crippen LogP contribution is -2.14. The molecule has 1 amide bonds. The quantitative estimate of drug-likeness (QED) is 0.131. The van der Waals surface area contributed by atoms with Gasteiger partial charge in [0.05, 0.1) is 16.5 Å². The highest BCUT2D eigenvalue weighted by Crippen LogP contribution is 2.39. The molecule has 0 saturated carbocycles. The number of rotatable bonds is 8. The summed E-state index contributed by atoms with van der Waals surface area (Å²) in [6.07, 6.45) is 1.31. The zero-order chi connectivity index (χ0) is 26.5. The molecule has 36 heavy (non-hydrogen) atoms. The number of hydrogen-bond donors (Lipinski definition) is 1. The first-order valence-electron chi connectivity index (χ1n) is 10.1. The maximum Gasteiger partial charge on any atom is 0.339 e.